The molecule has 0 unspecified atom stereocenters. The number of anilines is 1. The van der Waals surface area contributed by atoms with E-state index in [1.807, 2.05) is 46.9 Å². The van der Waals surface area contributed by atoms with Crippen molar-refractivity contribution in [2.75, 3.05) is 18.5 Å². The van der Waals surface area contributed by atoms with E-state index in [1.54, 1.807) is 7.05 Å². The van der Waals surface area contributed by atoms with Gasteiger partial charge in [-0.1, -0.05) is 12.1 Å². The maximum Gasteiger partial charge on any atom is 0.262 e. The SMILES string of the molecule is Cn1c(=O)c2ccccc2n2c(CNc3ccc4c(c3)OCCO4)nnc12. The number of nitrogens with zero attached hydrogens (tertiary/aromatic N) is 4. The molecule has 8 heteroatoms. The number of benzene rings is 2. The lowest BCUT2D eigenvalue weighted by Crippen LogP contribution is -2.20. The molecule has 4 aromatic rings. The van der Waals surface area contributed by atoms with Crippen LogP contribution in [0.4, 0.5) is 5.69 Å². The number of para-hydroxylation sites is 1. The lowest BCUT2D eigenvalue weighted by molar-refractivity contribution is 0.171. The lowest BCUT2D eigenvalue weighted by atomic mass is 10.2. The van der Waals surface area contributed by atoms with E-state index in [1.165, 1.54) is 4.57 Å². The molecule has 1 aliphatic rings. The highest BCUT2D eigenvalue weighted by Gasteiger charge is 2.15. The van der Waals surface area contributed by atoms with Gasteiger partial charge in [-0.2, -0.15) is 0 Å². The monoisotopic (exact) mass is 363 g/mol. The summed E-state index contributed by atoms with van der Waals surface area (Å²) in [5.41, 5.74) is 1.60. The summed E-state index contributed by atoms with van der Waals surface area (Å²) in [4.78, 5) is 12.5. The van der Waals surface area contributed by atoms with Gasteiger partial charge in [-0.15, -0.1) is 10.2 Å². The summed E-state index contributed by atoms with van der Waals surface area (Å²) in [7, 11) is 1.71. The fourth-order valence-corrected chi connectivity index (χ4v) is 3.34. The molecule has 8 nitrogen and oxygen atoms in total. The third kappa shape index (κ3) is 2.49. The van der Waals surface area contributed by atoms with Crippen molar-refractivity contribution in [2.45, 2.75) is 6.54 Å². The molecule has 0 aliphatic carbocycles. The average molecular weight is 363 g/mol. The summed E-state index contributed by atoms with van der Waals surface area (Å²) in [5, 5.41) is 12.5. The van der Waals surface area contributed by atoms with Gasteiger partial charge >= 0.3 is 0 Å². The Morgan fingerprint density at radius 2 is 1.89 bits per heavy atom. The smallest absolute Gasteiger partial charge is 0.262 e. The molecule has 1 aliphatic heterocycles. The number of nitrogens with one attached hydrogen (secondary N) is 1. The second-order valence-corrected chi connectivity index (χ2v) is 6.34. The standard InChI is InChI=1S/C19H17N5O3/c1-23-18(25)13-4-2-3-5-14(13)24-17(21-22-19(23)24)11-20-12-6-7-15-16(10-12)27-9-8-26-15/h2-7,10,20H,8-9,11H2,1H3. The van der Waals surface area contributed by atoms with Crippen LogP contribution in [-0.2, 0) is 13.6 Å². The van der Waals surface area contributed by atoms with Gasteiger partial charge in [0.05, 0.1) is 17.4 Å². The molecule has 2 aromatic carbocycles. The van der Waals surface area contributed by atoms with E-state index in [0.29, 0.717) is 36.7 Å². The van der Waals surface area contributed by atoms with Gasteiger partial charge < -0.3 is 14.8 Å². The van der Waals surface area contributed by atoms with Crippen LogP contribution in [0.1, 0.15) is 5.82 Å². The van der Waals surface area contributed by atoms with Crippen LogP contribution < -0.4 is 20.3 Å². The van der Waals surface area contributed by atoms with Gasteiger partial charge in [0.1, 0.15) is 13.2 Å². The fourth-order valence-electron chi connectivity index (χ4n) is 3.34. The zero-order valence-electron chi connectivity index (χ0n) is 14.7. The van der Waals surface area contributed by atoms with E-state index in [9.17, 15) is 4.79 Å². The molecule has 1 N–H and O–H groups in total. The van der Waals surface area contributed by atoms with E-state index in [2.05, 4.69) is 15.5 Å². The number of aromatic nitrogens is 4. The molecule has 0 fully saturated rings. The van der Waals surface area contributed by atoms with E-state index in [0.717, 1.165) is 22.7 Å². The summed E-state index contributed by atoms with van der Waals surface area (Å²) >= 11 is 0. The van der Waals surface area contributed by atoms with Crippen molar-refractivity contribution in [3.8, 4) is 11.5 Å². The Morgan fingerprint density at radius 1 is 1.07 bits per heavy atom. The summed E-state index contributed by atoms with van der Waals surface area (Å²) in [6.07, 6.45) is 0. The van der Waals surface area contributed by atoms with Crippen LogP contribution in [0.3, 0.4) is 0 Å². The first-order valence-electron chi connectivity index (χ1n) is 8.67. The van der Waals surface area contributed by atoms with Crippen molar-refractivity contribution >= 4 is 22.4 Å². The molecule has 27 heavy (non-hydrogen) atoms. The maximum absolute atomic E-state index is 12.5. The van der Waals surface area contributed by atoms with Gasteiger partial charge in [-0.3, -0.25) is 13.8 Å². The van der Waals surface area contributed by atoms with Crippen LogP contribution in [0, 0.1) is 0 Å². The van der Waals surface area contributed by atoms with Crippen LogP contribution in [0.2, 0.25) is 0 Å². The topological polar surface area (TPSA) is 82.7 Å². The maximum atomic E-state index is 12.5. The Kier molecular flexibility index (Phi) is 3.49. The molecule has 136 valence electrons. The molecule has 0 radical (unpaired) electrons. The van der Waals surface area contributed by atoms with Crippen LogP contribution >= 0.6 is 0 Å². The number of fused-ring (bicyclic) bond motifs is 4. The highest BCUT2D eigenvalue weighted by molar-refractivity contribution is 5.80. The number of rotatable bonds is 3. The molecule has 0 saturated carbocycles. The fraction of sp³-hybridized carbons (Fsp3) is 0.211. The minimum absolute atomic E-state index is 0.0863. The zero-order chi connectivity index (χ0) is 18.4. The first-order valence-corrected chi connectivity index (χ1v) is 8.67. The Morgan fingerprint density at radius 3 is 2.78 bits per heavy atom. The number of aryl methyl sites for hydroxylation is 1. The molecule has 3 heterocycles. The molecular weight excluding hydrogens is 346 g/mol. The Balaban J connectivity index is 1.54. The van der Waals surface area contributed by atoms with Gasteiger partial charge in [0.2, 0.25) is 5.78 Å². The summed E-state index contributed by atoms with van der Waals surface area (Å²) in [6, 6.07) is 13.2. The Labute approximate surface area is 154 Å². The van der Waals surface area contributed by atoms with Crippen LogP contribution in [0.15, 0.2) is 47.3 Å². The molecule has 0 spiro atoms. The quantitative estimate of drug-likeness (QED) is 0.599. The molecular formula is C19H17N5O3. The largest absolute Gasteiger partial charge is 0.486 e. The van der Waals surface area contributed by atoms with E-state index < -0.39 is 0 Å². The van der Waals surface area contributed by atoms with Crippen molar-refractivity contribution in [3.05, 3.63) is 58.6 Å². The summed E-state index contributed by atoms with van der Waals surface area (Å²) < 4.78 is 14.6. The lowest BCUT2D eigenvalue weighted by Gasteiger charge is -2.19. The van der Waals surface area contributed by atoms with Crippen LogP contribution in [0.5, 0.6) is 11.5 Å². The van der Waals surface area contributed by atoms with Gasteiger partial charge in [-0.05, 0) is 24.3 Å². The molecule has 0 bridgehead atoms. The van der Waals surface area contributed by atoms with E-state index in [-0.39, 0.29) is 5.56 Å². The van der Waals surface area contributed by atoms with Crippen molar-refractivity contribution in [1.82, 2.24) is 19.2 Å². The van der Waals surface area contributed by atoms with Gasteiger partial charge in [-0.25, -0.2) is 0 Å². The van der Waals surface area contributed by atoms with Crippen LogP contribution in [0.25, 0.3) is 16.7 Å². The minimum Gasteiger partial charge on any atom is -0.486 e. The van der Waals surface area contributed by atoms with Gasteiger partial charge in [0.25, 0.3) is 5.56 Å². The third-order valence-electron chi connectivity index (χ3n) is 4.69. The highest BCUT2D eigenvalue weighted by atomic mass is 16.6. The van der Waals surface area contributed by atoms with Gasteiger partial charge in [0.15, 0.2) is 17.3 Å². The molecule has 2 aromatic heterocycles. The van der Waals surface area contributed by atoms with Crippen LogP contribution in [-0.4, -0.2) is 32.4 Å². The predicted octanol–water partition coefficient (Wildman–Crippen LogP) is 1.96. The number of hydrogen-bond donors (Lipinski definition) is 1. The molecule has 0 atom stereocenters. The van der Waals surface area contributed by atoms with Crippen molar-refractivity contribution in [3.63, 3.8) is 0 Å². The predicted molar refractivity (Wildman–Crippen MR) is 100 cm³/mol. The highest BCUT2D eigenvalue weighted by Crippen LogP contribution is 2.32. The Bertz CT molecular complexity index is 1230. The Hall–Kier alpha value is -3.55. The molecule has 0 saturated heterocycles. The third-order valence-corrected chi connectivity index (χ3v) is 4.69. The second-order valence-electron chi connectivity index (χ2n) is 6.34. The molecule has 5 rings (SSSR count). The number of hydrogen-bond acceptors (Lipinski definition) is 6. The molecule has 0 amide bonds. The minimum atomic E-state index is -0.0863. The van der Waals surface area contributed by atoms with Gasteiger partial charge in [0, 0.05) is 18.8 Å². The number of ether oxygens (including phenoxy) is 2. The first-order chi connectivity index (χ1) is 13.2. The average Bonchev–Trinajstić information content (AvgIpc) is 3.14. The zero-order valence-corrected chi connectivity index (χ0v) is 14.7. The summed E-state index contributed by atoms with van der Waals surface area (Å²) in [5.74, 6) is 2.70. The van der Waals surface area contributed by atoms with Crippen molar-refractivity contribution in [1.29, 1.82) is 0 Å². The normalized spacial score (nSPS) is 13.2. The first kappa shape index (κ1) is 15.7. The second kappa shape index (κ2) is 6.01. The van der Waals surface area contributed by atoms with E-state index >= 15 is 0 Å². The van der Waals surface area contributed by atoms with E-state index in [4.69, 9.17) is 9.47 Å². The summed E-state index contributed by atoms with van der Waals surface area (Å²) in [6.45, 7) is 1.56. The van der Waals surface area contributed by atoms with Crippen molar-refractivity contribution in [2.24, 2.45) is 7.05 Å². The van der Waals surface area contributed by atoms with Crippen molar-refractivity contribution < 1.29 is 9.47 Å².